The number of rotatable bonds is 12. The van der Waals surface area contributed by atoms with Crippen LogP contribution in [-0.2, 0) is 4.74 Å². The van der Waals surface area contributed by atoms with Crippen LogP contribution in [0.5, 0.6) is 0 Å². The third kappa shape index (κ3) is 8.44. The predicted molar refractivity (Wildman–Crippen MR) is 85.9 cm³/mol. The molecule has 0 N–H and O–H groups in total. The molecule has 0 amide bonds. The normalized spacial score (nSPS) is 12.2. The quantitative estimate of drug-likeness (QED) is 0.306. The SMILES string of the molecule is CCC[CH2][Sn]([CH2]/C=C\OC)([CH2]CCC)[CH2]CCC. The molecule has 1 nitrogen and oxygen atoms in total. The molecule has 0 radical (unpaired) electrons. The van der Waals surface area contributed by atoms with Crippen LogP contribution in [0.3, 0.4) is 0 Å². The number of unbranched alkanes of at least 4 members (excludes halogenated alkanes) is 3. The van der Waals surface area contributed by atoms with E-state index >= 15 is 0 Å². The van der Waals surface area contributed by atoms with E-state index in [0.717, 1.165) is 0 Å². The van der Waals surface area contributed by atoms with Crippen molar-refractivity contribution >= 4 is 18.4 Å². The maximum atomic E-state index is 5.10. The Balaban J connectivity index is 4.56. The summed E-state index contributed by atoms with van der Waals surface area (Å²) in [5.74, 6) is 0. The van der Waals surface area contributed by atoms with Gasteiger partial charge in [-0.25, -0.2) is 0 Å². The molecule has 0 aliphatic heterocycles. The van der Waals surface area contributed by atoms with Crippen molar-refractivity contribution in [1.29, 1.82) is 0 Å². The Labute approximate surface area is 119 Å². The van der Waals surface area contributed by atoms with Crippen LogP contribution < -0.4 is 0 Å². The van der Waals surface area contributed by atoms with Crippen molar-refractivity contribution in [2.45, 2.75) is 77.0 Å². The molecule has 0 saturated heterocycles. The van der Waals surface area contributed by atoms with Crippen molar-refractivity contribution in [3.8, 4) is 0 Å². The summed E-state index contributed by atoms with van der Waals surface area (Å²) < 4.78 is 11.3. The zero-order valence-electron chi connectivity index (χ0n) is 13.1. The fourth-order valence-electron chi connectivity index (χ4n) is 2.73. The summed E-state index contributed by atoms with van der Waals surface area (Å²) in [7, 11) is 1.76. The van der Waals surface area contributed by atoms with E-state index in [0.29, 0.717) is 0 Å². The molecule has 0 spiro atoms. The monoisotopic (exact) mass is 362 g/mol. The summed E-state index contributed by atoms with van der Waals surface area (Å²) in [5.41, 5.74) is 0. The van der Waals surface area contributed by atoms with Crippen LogP contribution in [0.1, 0.15) is 59.3 Å². The Bertz CT molecular complexity index is 179. The molecule has 2 heteroatoms. The van der Waals surface area contributed by atoms with E-state index in [1.54, 1.807) is 20.4 Å². The molecule has 0 aliphatic carbocycles. The van der Waals surface area contributed by atoms with Crippen LogP contribution in [0.4, 0.5) is 0 Å². The van der Waals surface area contributed by atoms with Crippen LogP contribution in [0.15, 0.2) is 12.3 Å². The first-order chi connectivity index (χ1) is 8.74. The third-order valence-electron chi connectivity index (χ3n) is 3.97. The molecule has 0 saturated carbocycles. The van der Waals surface area contributed by atoms with Gasteiger partial charge in [0.15, 0.2) is 0 Å². The van der Waals surface area contributed by atoms with Crippen LogP contribution in [-0.4, -0.2) is 25.5 Å². The van der Waals surface area contributed by atoms with E-state index in [4.69, 9.17) is 4.74 Å². The zero-order chi connectivity index (χ0) is 13.7. The molecule has 18 heavy (non-hydrogen) atoms. The fraction of sp³-hybridized carbons (Fsp3) is 0.875. The average molecular weight is 361 g/mol. The van der Waals surface area contributed by atoms with Gasteiger partial charge in [-0.3, -0.25) is 0 Å². The molecule has 0 aromatic rings. The van der Waals surface area contributed by atoms with Crippen LogP contribution in [0.2, 0.25) is 17.7 Å². The molecule has 0 unspecified atom stereocenters. The number of hydrogen-bond acceptors (Lipinski definition) is 1. The van der Waals surface area contributed by atoms with Crippen molar-refractivity contribution in [1.82, 2.24) is 0 Å². The molecule has 108 valence electrons. The Hall–Kier alpha value is 0.339. The summed E-state index contributed by atoms with van der Waals surface area (Å²) in [5, 5.41) is 0. The minimum atomic E-state index is -1.88. The Kier molecular flexibility index (Phi) is 12.6. The van der Waals surface area contributed by atoms with Crippen molar-refractivity contribution in [2.24, 2.45) is 0 Å². The van der Waals surface area contributed by atoms with Crippen LogP contribution >= 0.6 is 0 Å². The average Bonchev–Trinajstić information content (AvgIpc) is 2.40. The summed E-state index contributed by atoms with van der Waals surface area (Å²) in [6.45, 7) is 7.00. The molecule has 0 aliphatic rings. The molecular formula is C16H34OSn. The van der Waals surface area contributed by atoms with Crippen molar-refractivity contribution in [3.63, 3.8) is 0 Å². The Morgan fingerprint density at radius 1 is 0.833 bits per heavy atom. The molecule has 0 aromatic carbocycles. The summed E-state index contributed by atoms with van der Waals surface area (Å²) in [6.07, 6.45) is 12.7. The van der Waals surface area contributed by atoms with Gasteiger partial charge in [0.2, 0.25) is 0 Å². The first-order valence-corrected chi connectivity index (χ1v) is 16.0. The van der Waals surface area contributed by atoms with E-state index < -0.39 is 18.4 Å². The van der Waals surface area contributed by atoms with E-state index in [1.165, 1.54) is 43.0 Å². The summed E-state index contributed by atoms with van der Waals surface area (Å²) in [4.78, 5) is 0. The second-order valence-corrected chi connectivity index (χ2v) is 19.6. The second kappa shape index (κ2) is 12.4. The zero-order valence-corrected chi connectivity index (χ0v) is 16.0. The fourth-order valence-corrected chi connectivity index (χ4v) is 17.8. The standard InChI is InChI=1S/C4H7O.3C4H9.Sn/c1-3-4-5-2;3*1-3-4-2;/h3-4H,1H2,2H3;3*1,3-4H2,2H3;/b4-3-;;;;. The second-order valence-electron chi connectivity index (χ2n) is 5.62. The Morgan fingerprint density at radius 2 is 1.28 bits per heavy atom. The van der Waals surface area contributed by atoms with Gasteiger partial charge in [-0.05, 0) is 0 Å². The topological polar surface area (TPSA) is 9.23 Å². The number of allylic oxidation sites excluding steroid dienone is 1. The first-order valence-electron chi connectivity index (χ1n) is 7.92. The summed E-state index contributed by atoms with van der Waals surface area (Å²) >= 11 is -1.88. The van der Waals surface area contributed by atoms with E-state index in [9.17, 15) is 0 Å². The van der Waals surface area contributed by atoms with Crippen molar-refractivity contribution < 1.29 is 4.74 Å². The maximum absolute atomic E-state index is 5.10. The van der Waals surface area contributed by atoms with Crippen molar-refractivity contribution in [3.05, 3.63) is 12.3 Å². The number of methoxy groups -OCH3 is 1. The van der Waals surface area contributed by atoms with Gasteiger partial charge in [-0.1, -0.05) is 0 Å². The van der Waals surface area contributed by atoms with Crippen LogP contribution in [0, 0.1) is 0 Å². The molecular weight excluding hydrogens is 327 g/mol. The van der Waals surface area contributed by atoms with E-state index in [-0.39, 0.29) is 0 Å². The first kappa shape index (κ1) is 18.3. The third-order valence-corrected chi connectivity index (χ3v) is 19.2. The van der Waals surface area contributed by atoms with Gasteiger partial charge < -0.3 is 0 Å². The van der Waals surface area contributed by atoms with Gasteiger partial charge in [-0.15, -0.1) is 0 Å². The molecule has 0 fully saturated rings. The van der Waals surface area contributed by atoms with E-state index in [1.807, 2.05) is 6.26 Å². The van der Waals surface area contributed by atoms with Gasteiger partial charge in [-0.2, -0.15) is 0 Å². The molecule has 0 atom stereocenters. The minimum absolute atomic E-state index is 1.37. The molecule has 0 heterocycles. The van der Waals surface area contributed by atoms with Gasteiger partial charge in [0.25, 0.3) is 0 Å². The summed E-state index contributed by atoms with van der Waals surface area (Å²) in [6, 6.07) is 0. The molecule has 0 bridgehead atoms. The molecule has 0 aromatic heterocycles. The molecule has 0 rings (SSSR count). The van der Waals surface area contributed by atoms with Gasteiger partial charge in [0.1, 0.15) is 0 Å². The van der Waals surface area contributed by atoms with Gasteiger partial charge in [0, 0.05) is 0 Å². The van der Waals surface area contributed by atoms with Gasteiger partial charge in [0.05, 0.1) is 0 Å². The Morgan fingerprint density at radius 3 is 1.61 bits per heavy atom. The van der Waals surface area contributed by atoms with E-state index in [2.05, 4.69) is 26.8 Å². The van der Waals surface area contributed by atoms with Crippen LogP contribution in [0.25, 0.3) is 0 Å². The van der Waals surface area contributed by atoms with Crippen molar-refractivity contribution in [2.75, 3.05) is 7.11 Å². The number of ether oxygens (including phenoxy) is 1. The predicted octanol–water partition coefficient (Wildman–Crippen LogP) is 6.00. The van der Waals surface area contributed by atoms with Gasteiger partial charge >= 0.3 is 120 Å². The number of hydrogen-bond donors (Lipinski definition) is 0.